The number of nitrogens with one attached hydrogen (secondary N) is 1. The average Bonchev–Trinajstić information content (AvgIpc) is 2.45. The van der Waals surface area contributed by atoms with Crippen molar-refractivity contribution >= 4 is 0 Å². The van der Waals surface area contributed by atoms with Gasteiger partial charge in [-0.05, 0) is 43.7 Å². The number of rotatable bonds is 4. The molecule has 1 aromatic heterocycles. The fraction of sp³-hybridized carbons (Fsp3) is 0.667. The van der Waals surface area contributed by atoms with Crippen LogP contribution >= 0.6 is 0 Å². The summed E-state index contributed by atoms with van der Waals surface area (Å²) in [6, 6.07) is 4.14. The molecule has 1 aliphatic carbocycles. The molecule has 0 amide bonds. The summed E-state index contributed by atoms with van der Waals surface area (Å²) in [7, 11) is 0. The first-order valence-electron chi connectivity index (χ1n) is 7.23. The second-order valence-corrected chi connectivity index (χ2v) is 5.43. The molecule has 1 aliphatic rings. The molecule has 1 N–H and O–H groups in total. The van der Waals surface area contributed by atoms with Gasteiger partial charge in [-0.1, -0.05) is 13.0 Å². The molecule has 0 aliphatic heterocycles. The highest BCUT2D eigenvalue weighted by atomic mass is 19.4. The zero-order valence-electron chi connectivity index (χ0n) is 11.7. The Morgan fingerprint density at radius 3 is 2.55 bits per heavy atom. The normalized spacial score (nSPS) is 23.8. The summed E-state index contributed by atoms with van der Waals surface area (Å²) in [5.74, 6) is -1.11. The minimum atomic E-state index is -4.03. The van der Waals surface area contributed by atoms with Crippen molar-refractivity contribution in [1.82, 2.24) is 10.3 Å². The van der Waals surface area contributed by atoms with Crippen LogP contribution < -0.4 is 5.32 Å². The smallest absolute Gasteiger partial charge is 0.308 e. The predicted octanol–water partition coefficient (Wildman–Crippen LogP) is 3.85. The zero-order chi connectivity index (χ0) is 14.6. The number of pyridine rings is 1. The van der Waals surface area contributed by atoms with Gasteiger partial charge in [0.05, 0.1) is 11.6 Å². The Bertz CT molecular complexity index is 423. The Balaban J connectivity index is 1.82. The maximum Gasteiger partial charge on any atom is 0.391 e. The molecule has 1 fully saturated rings. The molecule has 0 saturated heterocycles. The molecule has 1 aromatic rings. The van der Waals surface area contributed by atoms with Crippen molar-refractivity contribution in [2.75, 3.05) is 0 Å². The Morgan fingerprint density at radius 1 is 1.25 bits per heavy atom. The van der Waals surface area contributed by atoms with Crippen molar-refractivity contribution < 1.29 is 13.2 Å². The van der Waals surface area contributed by atoms with Crippen LogP contribution in [0.5, 0.6) is 0 Å². The average molecular weight is 286 g/mol. The molecule has 1 heterocycles. The number of hydrogen-bond acceptors (Lipinski definition) is 2. The van der Waals surface area contributed by atoms with Gasteiger partial charge in [0.25, 0.3) is 0 Å². The second kappa shape index (κ2) is 6.57. The third kappa shape index (κ3) is 3.95. The van der Waals surface area contributed by atoms with Gasteiger partial charge in [0, 0.05) is 18.8 Å². The first-order chi connectivity index (χ1) is 9.50. The lowest BCUT2D eigenvalue weighted by molar-refractivity contribution is -0.182. The molecule has 20 heavy (non-hydrogen) atoms. The van der Waals surface area contributed by atoms with Crippen LogP contribution in [-0.2, 0) is 13.0 Å². The monoisotopic (exact) mass is 286 g/mol. The molecule has 0 radical (unpaired) electrons. The van der Waals surface area contributed by atoms with Crippen LogP contribution in [-0.4, -0.2) is 17.2 Å². The maximum atomic E-state index is 12.6. The SMILES string of the molecule is CCc1cccnc1CNC1CCC(C(F)(F)F)CC1. The minimum absolute atomic E-state index is 0.181. The van der Waals surface area contributed by atoms with Crippen LogP contribution in [0.4, 0.5) is 13.2 Å². The molecule has 0 unspecified atom stereocenters. The molecule has 0 aromatic carbocycles. The number of hydrogen-bond donors (Lipinski definition) is 1. The van der Waals surface area contributed by atoms with Crippen molar-refractivity contribution in [2.45, 2.75) is 57.8 Å². The Hall–Kier alpha value is -1.10. The molecule has 2 nitrogen and oxygen atoms in total. The van der Waals surface area contributed by atoms with E-state index in [1.807, 2.05) is 12.1 Å². The summed E-state index contributed by atoms with van der Waals surface area (Å²) < 4.78 is 37.8. The first kappa shape index (κ1) is 15.3. The largest absolute Gasteiger partial charge is 0.391 e. The summed E-state index contributed by atoms with van der Waals surface area (Å²) in [6.45, 7) is 2.72. The van der Waals surface area contributed by atoms with Gasteiger partial charge in [0.2, 0.25) is 0 Å². The van der Waals surface area contributed by atoms with Crippen LogP contribution in [0.2, 0.25) is 0 Å². The van der Waals surface area contributed by atoms with Gasteiger partial charge in [0.15, 0.2) is 0 Å². The van der Waals surface area contributed by atoms with Gasteiger partial charge in [-0.25, -0.2) is 0 Å². The van der Waals surface area contributed by atoms with E-state index >= 15 is 0 Å². The third-order valence-corrected chi connectivity index (χ3v) is 4.11. The van der Waals surface area contributed by atoms with Crippen LogP contribution in [0.3, 0.4) is 0 Å². The predicted molar refractivity (Wildman–Crippen MR) is 72.3 cm³/mol. The molecule has 1 saturated carbocycles. The van der Waals surface area contributed by atoms with E-state index in [2.05, 4.69) is 17.2 Å². The molecular weight excluding hydrogens is 265 g/mol. The third-order valence-electron chi connectivity index (χ3n) is 4.11. The van der Waals surface area contributed by atoms with Crippen molar-refractivity contribution in [3.05, 3.63) is 29.6 Å². The molecule has 0 bridgehead atoms. The Kier molecular flexibility index (Phi) is 5.02. The zero-order valence-corrected chi connectivity index (χ0v) is 11.7. The van der Waals surface area contributed by atoms with E-state index < -0.39 is 12.1 Å². The van der Waals surface area contributed by atoms with E-state index in [-0.39, 0.29) is 18.9 Å². The number of alkyl halides is 3. The highest BCUT2D eigenvalue weighted by molar-refractivity contribution is 5.19. The van der Waals surface area contributed by atoms with Crippen molar-refractivity contribution in [3.63, 3.8) is 0 Å². The van der Waals surface area contributed by atoms with Gasteiger partial charge in [-0.15, -0.1) is 0 Å². The van der Waals surface area contributed by atoms with E-state index in [9.17, 15) is 13.2 Å². The number of aryl methyl sites for hydroxylation is 1. The van der Waals surface area contributed by atoms with Gasteiger partial charge in [0.1, 0.15) is 0 Å². The highest BCUT2D eigenvalue weighted by Crippen LogP contribution is 2.37. The van der Waals surface area contributed by atoms with Gasteiger partial charge >= 0.3 is 6.18 Å². The lowest BCUT2D eigenvalue weighted by Gasteiger charge is -2.30. The van der Waals surface area contributed by atoms with Crippen LogP contribution in [0.15, 0.2) is 18.3 Å². The lowest BCUT2D eigenvalue weighted by atomic mass is 9.85. The number of halogens is 3. The van der Waals surface area contributed by atoms with Crippen molar-refractivity contribution in [3.8, 4) is 0 Å². The summed E-state index contributed by atoms with van der Waals surface area (Å²) in [5.41, 5.74) is 2.21. The Labute approximate surface area is 117 Å². The van der Waals surface area contributed by atoms with Gasteiger partial charge in [-0.3, -0.25) is 4.98 Å². The lowest BCUT2D eigenvalue weighted by Crippen LogP contribution is -2.36. The molecule has 0 spiro atoms. The fourth-order valence-corrected chi connectivity index (χ4v) is 2.82. The summed E-state index contributed by atoms with van der Waals surface area (Å²) in [5, 5.41) is 3.35. The van der Waals surface area contributed by atoms with Crippen LogP contribution in [0, 0.1) is 5.92 Å². The van der Waals surface area contributed by atoms with Gasteiger partial charge < -0.3 is 5.32 Å². The highest BCUT2D eigenvalue weighted by Gasteiger charge is 2.41. The van der Waals surface area contributed by atoms with Crippen molar-refractivity contribution in [2.24, 2.45) is 5.92 Å². The molecular formula is C15H21F3N2. The molecule has 5 heteroatoms. The van der Waals surface area contributed by atoms with E-state index in [0.29, 0.717) is 19.4 Å². The summed E-state index contributed by atoms with van der Waals surface area (Å²) >= 11 is 0. The first-order valence-corrected chi connectivity index (χ1v) is 7.23. The van der Waals surface area contributed by atoms with Gasteiger partial charge in [-0.2, -0.15) is 13.2 Å². The minimum Gasteiger partial charge on any atom is -0.308 e. The molecule has 112 valence electrons. The Morgan fingerprint density at radius 2 is 1.95 bits per heavy atom. The number of nitrogens with zero attached hydrogens (tertiary/aromatic N) is 1. The van der Waals surface area contributed by atoms with Crippen molar-refractivity contribution in [1.29, 1.82) is 0 Å². The fourth-order valence-electron chi connectivity index (χ4n) is 2.82. The summed E-state index contributed by atoms with van der Waals surface area (Å²) in [4.78, 5) is 4.35. The molecule has 2 rings (SSSR count). The van der Waals surface area contributed by atoms with Crippen LogP contribution in [0.25, 0.3) is 0 Å². The number of aromatic nitrogens is 1. The molecule has 0 atom stereocenters. The maximum absolute atomic E-state index is 12.6. The van der Waals surface area contributed by atoms with E-state index in [1.54, 1.807) is 6.20 Å². The van der Waals surface area contributed by atoms with Crippen LogP contribution in [0.1, 0.15) is 43.9 Å². The van der Waals surface area contributed by atoms with E-state index in [1.165, 1.54) is 5.56 Å². The van der Waals surface area contributed by atoms with E-state index in [0.717, 1.165) is 12.1 Å². The standard InChI is InChI=1S/C15H21F3N2/c1-2-11-4-3-9-19-14(11)10-20-13-7-5-12(6-8-13)15(16,17)18/h3-4,9,12-13,20H,2,5-8,10H2,1H3. The quantitative estimate of drug-likeness (QED) is 0.909. The second-order valence-electron chi connectivity index (χ2n) is 5.43. The summed E-state index contributed by atoms with van der Waals surface area (Å²) in [6.07, 6.45) is 0.328. The van der Waals surface area contributed by atoms with E-state index in [4.69, 9.17) is 0 Å². The topological polar surface area (TPSA) is 24.9 Å².